The average Bonchev–Trinajstić information content (AvgIpc) is 2.79. The Bertz CT molecular complexity index is 1160. The van der Waals surface area contributed by atoms with Crippen molar-refractivity contribution in [3.8, 4) is 0 Å². The van der Waals surface area contributed by atoms with E-state index in [9.17, 15) is 19.8 Å². The van der Waals surface area contributed by atoms with Gasteiger partial charge in [0.15, 0.2) is 0 Å². The van der Waals surface area contributed by atoms with Crippen LogP contribution in [0.25, 0.3) is 0 Å². The number of aryl methyl sites for hydroxylation is 1. The van der Waals surface area contributed by atoms with Crippen LogP contribution in [0.4, 0.5) is 5.69 Å². The summed E-state index contributed by atoms with van der Waals surface area (Å²) in [5.41, 5.74) is 3.14. The van der Waals surface area contributed by atoms with Crippen molar-refractivity contribution < 1.29 is 19.8 Å². The zero-order valence-corrected chi connectivity index (χ0v) is 17.7. The lowest BCUT2D eigenvalue weighted by Gasteiger charge is -2.45. The maximum Gasteiger partial charge on any atom is 0.353 e. The fourth-order valence-electron chi connectivity index (χ4n) is 4.19. The predicted octanol–water partition coefficient (Wildman–Crippen LogP) is 4.44. The molecule has 1 unspecified atom stereocenters. The minimum absolute atomic E-state index is 0.00768. The topological polar surface area (TPSA) is 81.1 Å². The lowest BCUT2D eigenvalue weighted by molar-refractivity contribution is -0.137. The van der Waals surface area contributed by atoms with Gasteiger partial charge in [0.1, 0.15) is 11.9 Å². The molecule has 0 spiro atoms. The van der Waals surface area contributed by atoms with Crippen molar-refractivity contribution in [2.75, 3.05) is 11.4 Å². The zero-order valence-electron chi connectivity index (χ0n) is 17.7. The third kappa shape index (κ3) is 4.26. The molecular formula is C26H24N2O4. The van der Waals surface area contributed by atoms with E-state index >= 15 is 0 Å². The standard InChI is InChI=1S/C26H24N2O4/c1-18-9-8-14-21(15-18)28-23(26(31)32)22(25(29)30)17-27(16-19-10-4-2-5-11-19)24(28)20-12-6-3-7-13-20/h2-15,24H,16-17H2,1H3,(H,29,30)(H,31,32). The van der Waals surface area contributed by atoms with Gasteiger partial charge >= 0.3 is 11.9 Å². The molecule has 2 N–H and O–H groups in total. The molecule has 3 aromatic rings. The van der Waals surface area contributed by atoms with E-state index in [1.165, 1.54) is 0 Å². The van der Waals surface area contributed by atoms with Crippen LogP contribution >= 0.6 is 0 Å². The normalized spacial score (nSPS) is 16.8. The highest BCUT2D eigenvalue weighted by molar-refractivity contribution is 6.02. The van der Waals surface area contributed by atoms with Crippen molar-refractivity contribution in [2.24, 2.45) is 0 Å². The van der Waals surface area contributed by atoms with Gasteiger partial charge in [0.05, 0.1) is 5.57 Å². The number of rotatable bonds is 6. The molecule has 0 bridgehead atoms. The van der Waals surface area contributed by atoms with Crippen molar-refractivity contribution in [3.63, 3.8) is 0 Å². The average molecular weight is 428 g/mol. The molecule has 4 rings (SSSR count). The van der Waals surface area contributed by atoms with Gasteiger partial charge in [0.2, 0.25) is 0 Å². The minimum atomic E-state index is -1.26. The Hall–Kier alpha value is -3.90. The highest BCUT2D eigenvalue weighted by Gasteiger charge is 2.41. The second-order valence-electron chi connectivity index (χ2n) is 7.82. The monoisotopic (exact) mass is 428 g/mol. The number of hydrogen-bond donors (Lipinski definition) is 2. The smallest absolute Gasteiger partial charge is 0.353 e. The molecule has 1 aliphatic rings. The molecule has 0 saturated heterocycles. The first-order valence-electron chi connectivity index (χ1n) is 10.3. The molecule has 162 valence electrons. The van der Waals surface area contributed by atoms with Crippen molar-refractivity contribution >= 4 is 17.6 Å². The van der Waals surface area contributed by atoms with Crippen LogP contribution in [-0.2, 0) is 16.1 Å². The van der Waals surface area contributed by atoms with Crippen molar-refractivity contribution in [2.45, 2.75) is 19.6 Å². The summed E-state index contributed by atoms with van der Waals surface area (Å²) in [4.78, 5) is 28.2. The maximum atomic E-state index is 12.4. The molecule has 1 aliphatic heterocycles. The Kier molecular flexibility index (Phi) is 6.05. The van der Waals surface area contributed by atoms with Crippen LogP contribution in [0.5, 0.6) is 0 Å². The molecule has 1 atom stereocenters. The summed E-state index contributed by atoms with van der Waals surface area (Å²) < 4.78 is 0. The Balaban J connectivity index is 1.95. The van der Waals surface area contributed by atoms with Gasteiger partial charge in [-0.2, -0.15) is 0 Å². The summed E-state index contributed by atoms with van der Waals surface area (Å²) in [5, 5.41) is 20.1. The molecule has 0 aliphatic carbocycles. The molecule has 0 fully saturated rings. The van der Waals surface area contributed by atoms with Gasteiger partial charge in [-0.15, -0.1) is 0 Å². The number of hydrogen-bond acceptors (Lipinski definition) is 4. The summed E-state index contributed by atoms with van der Waals surface area (Å²) in [6.07, 6.45) is -0.493. The molecule has 0 amide bonds. The molecule has 0 aromatic heterocycles. The third-order valence-electron chi connectivity index (χ3n) is 5.55. The highest BCUT2D eigenvalue weighted by atomic mass is 16.4. The highest BCUT2D eigenvalue weighted by Crippen LogP contribution is 2.40. The van der Waals surface area contributed by atoms with E-state index in [4.69, 9.17) is 0 Å². The largest absolute Gasteiger partial charge is 0.478 e. The van der Waals surface area contributed by atoms with E-state index in [0.717, 1.165) is 16.7 Å². The number of benzene rings is 3. The van der Waals surface area contributed by atoms with Gasteiger partial charge in [0, 0.05) is 18.8 Å². The summed E-state index contributed by atoms with van der Waals surface area (Å²) in [6, 6.07) is 26.8. The van der Waals surface area contributed by atoms with Crippen LogP contribution in [0.3, 0.4) is 0 Å². The third-order valence-corrected chi connectivity index (χ3v) is 5.55. The second kappa shape index (κ2) is 9.08. The fraction of sp³-hybridized carbons (Fsp3) is 0.154. The van der Waals surface area contributed by atoms with E-state index < -0.39 is 18.1 Å². The number of aliphatic carboxylic acids is 2. The molecular weight excluding hydrogens is 404 g/mol. The van der Waals surface area contributed by atoms with Crippen LogP contribution in [0.2, 0.25) is 0 Å². The minimum Gasteiger partial charge on any atom is -0.478 e. The summed E-state index contributed by atoms with van der Waals surface area (Å²) in [6.45, 7) is 2.40. The van der Waals surface area contributed by atoms with E-state index in [2.05, 4.69) is 0 Å². The molecule has 0 saturated carbocycles. The van der Waals surface area contributed by atoms with Gasteiger partial charge < -0.3 is 15.1 Å². The number of anilines is 1. The lowest BCUT2D eigenvalue weighted by Crippen LogP contribution is -2.49. The summed E-state index contributed by atoms with van der Waals surface area (Å²) in [7, 11) is 0. The van der Waals surface area contributed by atoms with E-state index in [-0.39, 0.29) is 17.8 Å². The number of carbonyl (C=O) groups is 2. The molecule has 6 heteroatoms. The van der Waals surface area contributed by atoms with E-state index in [0.29, 0.717) is 12.2 Å². The number of carboxylic acids is 2. The molecule has 0 radical (unpaired) electrons. The molecule has 32 heavy (non-hydrogen) atoms. The van der Waals surface area contributed by atoms with Crippen molar-refractivity contribution in [1.82, 2.24) is 4.90 Å². The zero-order chi connectivity index (χ0) is 22.7. The lowest BCUT2D eigenvalue weighted by atomic mass is 9.99. The van der Waals surface area contributed by atoms with Crippen LogP contribution in [-0.4, -0.2) is 33.6 Å². The molecule has 1 heterocycles. The quantitative estimate of drug-likeness (QED) is 0.604. The van der Waals surface area contributed by atoms with Crippen molar-refractivity contribution in [3.05, 3.63) is 113 Å². The predicted molar refractivity (Wildman–Crippen MR) is 122 cm³/mol. The Morgan fingerprint density at radius 1 is 0.875 bits per heavy atom. The van der Waals surface area contributed by atoms with Crippen LogP contribution in [0.15, 0.2) is 96.2 Å². The summed E-state index contributed by atoms with van der Waals surface area (Å²) in [5.74, 6) is -2.49. The first kappa shape index (κ1) is 21.3. The van der Waals surface area contributed by atoms with Gasteiger partial charge in [0.25, 0.3) is 0 Å². The second-order valence-corrected chi connectivity index (χ2v) is 7.82. The maximum absolute atomic E-state index is 12.4. The fourth-order valence-corrected chi connectivity index (χ4v) is 4.19. The van der Waals surface area contributed by atoms with Crippen molar-refractivity contribution in [1.29, 1.82) is 0 Å². The molecule has 6 nitrogen and oxygen atoms in total. The Morgan fingerprint density at radius 3 is 2.12 bits per heavy atom. The van der Waals surface area contributed by atoms with E-state index in [1.54, 1.807) is 4.90 Å². The first-order chi connectivity index (χ1) is 15.5. The van der Waals surface area contributed by atoms with Crippen LogP contribution < -0.4 is 4.90 Å². The number of nitrogens with zero attached hydrogens (tertiary/aromatic N) is 2. The SMILES string of the molecule is Cc1cccc(N2C(C(=O)O)=C(C(=O)O)CN(Cc3ccccc3)C2c2ccccc2)c1. The van der Waals surface area contributed by atoms with E-state index in [1.807, 2.05) is 96.8 Å². The van der Waals surface area contributed by atoms with Gasteiger partial charge in [-0.1, -0.05) is 72.8 Å². The first-order valence-corrected chi connectivity index (χ1v) is 10.3. The van der Waals surface area contributed by atoms with Gasteiger partial charge in [-0.3, -0.25) is 4.90 Å². The van der Waals surface area contributed by atoms with Gasteiger partial charge in [-0.05, 0) is 35.7 Å². The van der Waals surface area contributed by atoms with Crippen LogP contribution in [0, 0.1) is 6.92 Å². The Labute approximate surface area is 186 Å². The number of carboxylic acid groups (broad SMARTS) is 2. The van der Waals surface area contributed by atoms with Gasteiger partial charge in [-0.25, -0.2) is 9.59 Å². The summed E-state index contributed by atoms with van der Waals surface area (Å²) >= 11 is 0. The Morgan fingerprint density at radius 2 is 1.53 bits per heavy atom. The molecule has 3 aromatic carbocycles. The van der Waals surface area contributed by atoms with Crippen LogP contribution in [0.1, 0.15) is 22.9 Å².